The van der Waals surface area contributed by atoms with E-state index in [1.165, 1.54) is 12.8 Å². The molecule has 4 heterocycles. The van der Waals surface area contributed by atoms with Crippen molar-refractivity contribution < 1.29 is 66.9 Å². The summed E-state index contributed by atoms with van der Waals surface area (Å²) in [5.74, 6) is -9.65. The summed E-state index contributed by atoms with van der Waals surface area (Å²) in [4.78, 5) is 27.6. The quantitative estimate of drug-likeness (QED) is 0.0427. The molecule has 0 saturated carbocycles. The number of halogens is 8. The van der Waals surface area contributed by atoms with Gasteiger partial charge in [-0.25, -0.2) is 4.79 Å². The van der Waals surface area contributed by atoms with Gasteiger partial charge < -0.3 is 60.6 Å². The van der Waals surface area contributed by atoms with Gasteiger partial charge in [0.25, 0.3) is 5.91 Å². The van der Waals surface area contributed by atoms with Crippen molar-refractivity contribution in [2.45, 2.75) is 125 Å². The molecule has 6 aromatic carbocycles. The van der Waals surface area contributed by atoms with Crippen LogP contribution in [0.2, 0.25) is 20.1 Å². The van der Waals surface area contributed by atoms with Crippen molar-refractivity contribution in [1.82, 2.24) is 15.1 Å². The number of carboxylic acid groups (broad SMARTS) is 1. The number of alkyl halides is 4. The Labute approximate surface area is 519 Å². The Morgan fingerprint density at radius 2 is 0.988 bits per heavy atom. The molecule has 1 amide bonds. The maximum absolute atomic E-state index is 15.2. The normalized spacial score (nSPS) is 17.8. The maximum Gasteiger partial charge on any atom is 0.374 e. The molecular weight excluding hydrogens is 1200 g/mol. The number of nitrogens with zero attached hydrogens (tertiary/aromatic N) is 2. The predicted molar refractivity (Wildman–Crippen MR) is 329 cm³/mol. The van der Waals surface area contributed by atoms with Crippen LogP contribution in [0.4, 0.5) is 17.6 Å². The van der Waals surface area contributed by atoms with Gasteiger partial charge >= 0.3 is 17.8 Å². The number of likely N-dealkylation sites (tertiary alicyclic amines) is 2. The summed E-state index contributed by atoms with van der Waals surface area (Å²) in [6.07, 6.45) is 4.49. The number of aryl methyl sites for hydroxylation is 2. The number of carboxylic acids is 1. The van der Waals surface area contributed by atoms with Crippen LogP contribution in [-0.4, -0.2) is 144 Å². The summed E-state index contributed by atoms with van der Waals surface area (Å²) in [6, 6.07) is 30.5. The fourth-order valence-electron chi connectivity index (χ4n) is 10.8. The molecule has 0 aliphatic carbocycles. The van der Waals surface area contributed by atoms with Gasteiger partial charge in [-0.2, -0.15) is 17.6 Å². The van der Waals surface area contributed by atoms with Gasteiger partial charge in [-0.3, -0.25) is 4.79 Å². The van der Waals surface area contributed by atoms with E-state index in [1.54, 1.807) is 72.8 Å². The molecule has 0 radical (unpaired) electrons. The summed E-state index contributed by atoms with van der Waals surface area (Å²) in [5.41, 5.74) is 8.72. The number of fused-ring (bicyclic) bond motifs is 2. The molecule has 0 spiro atoms. The first-order valence-electron chi connectivity index (χ1n) is 29.0. The van der Waals surface area contributed by atoms with Crippen molar-refractivity contribution in [2.24, 2.45) is 5.73 Å². The van der Waals surface area contributed by atoms with Crippen molar-refractivity contribution >= 4 is 79.8 Å². The van der Waals surface area contributed by atoms with Gasteiger partial charge in [0.2, 0.25) is 0 Å². The van der Waals surface area contributed by atoms with E-state index in [4.69, 9.17) is 76.2 Å². The third-order valence-electron chi connectivity index (χ3n) is 15.8. The summed E-state index contributed by atoms with van der Waals surface area (Å²) in [7, 11) is 0. The molecular formula is C64H76Cl4F4N4O10. The number of aliphatic hydroxyl groups excluding tert-OH is 2. The SMILES string of the molecule is N[C@H](CN1CCCC1)C(O)c1ccc(OC2CCOCC2)c(Cl)c1.O.O=C(N[C@H](CN1CCCC1)[C@H](O)c1ccc(OC2CCOCC2)c(Cl)c1)C(F)(F)CCc1ccc2cc(Cl)ccc2c1.O=C(O)C(F)(F)CCc1ccc2cc(Cl)ccc2c1. The van der Waals surface area contributed by atoms with Crippen molar-refractivity contribution in [3.8, 4) is 11.5 Å². The van der Waals surface area contributed by atoms with Crippen LogP contribution in [0.3, 0.4) is 0 Å². The number of carbonyl (C=O) groups excluding carboxylic acids is 1. The van der Waals surface area contributed by atoms with Crippen LogP contribution in [0.1, 0.15) is 98.7 Å². The Morgan fingerprint density at radius 1 is 0.581 bits per heavy atom. The molecule has 86 heavy (non-hydrogen) atoms. The molecule has 14 nitrogen and oxygen atoms in total. The highest BCUT2D eigenvalue weighted by Crippen LogP contribution is 2.35. The topological polar surface area (TPSA) is 208 Å². The second kappa shape index (κ2) is 32.4. The van der Waals surface area contributed by atoms with Gasteiger partial charge in [0.05, 0.1) is 48.6 Å². The summed E-state index contributed by atoms with van der Waals surface area (Å²) < 4.78 is 79.0. The van der Waals surface area contributed by atoms with E-state index in [9.17, 15) is 28.6 Å². The summed E-state index contributed by atoms with van der Waals surface area (Å²) in [5, 5.41) is 38.3. The molecule has 4 aliphatic heterocycles. The smallest absolute Gasteiger partial charge is 0.374 e. The third-order valence-corrected chi connectivity index (χ3v) is 16.8. The van der Waals surface area contributed by atoms with Gasteiger partial charge in [-0.15, -0.1) is 0 Å². The maximum atomic E-state index is 15.2. The van der Waals surface area contributed by atoms with Gasteiger partial charge in [-0.1, -0.05) is 107 Å². The zero-order valence-electron chi connectivity index (χ0n) is 47.7. The highest BCUT2D eigenvalue weighted by atomic mass is 35.5. The average molecular weight is 1280 g/mol. The van der Waals surface area contributed by atoms with E-state index in [1.807, 2.05) is 36.4 Å². The first kappa shape index (κ1) is 68.4. The minimum Gasteiger partial charge on any atom is -0.489 e. The Kier molecular flexibility index (Phi) is 25.8. The van der Waals surface area contributed by atoms with Gasteiger partial charge in [0.1, 0.15) is 29.8 Å². The molecule has 4 saturated heterocycles. The largest absolute Gasteiger partial charge is 0.489 e. The molecule has 6 aromatic rings. The van der Waals surface area contributed by atoms with Crippen LogP contribution in [0.25, 0.3) is 21.5 Å². The molecule has 8 N–H and O–H groups in total. The summed E-state index contributed by atoms with van der Waals surface area (Å²) in [6.45, 7) is 7.35. The molecule has 22 heteroatoms. The van der Waals surface area contributed by atoms with E-state index < -0.39 is 54.8 Å². The first-order chi connectivity index (χ1) is 40.7. The zero-order chi connectivity index (χ0) is 60.7. The Bertz CT molecular complexity index is 3170. The number of hydrogen-bond acceptors (Lipinski definition) is 11. The minimum absolute atomic E-state index is 0. The van der Waals surface area contributed by atoms with E-state index in [-0.39, 0.29) is 43.1 Å². The minimum atomic E-state index is -3.69. The number of ether oxygens (including phenoxy) is 4. The highest BCUT2D eigenvalue weighted by molar-refractivity contribution is 6.32. The second-order valence-corrected chi connectivity index (χ2v) is 23.9. The molecule has 4 atom stereocenters. The van der Waals surface area contributed by atoms with Crippen molar-refractivity contribution in [1.29, 1.82) is 0 Å². The Morgan fingerprint density at radius 3 is 1.43 bits per heavy atom. The van der Waals surface area contributed by atoms with Crippen LogP contribution < -0.4 is 20.5 Å². The predicted octanol–water partition coefficient (Wildman–Crippen LogP) is 12.3. The standard InChI is InChI=1S/C32H36Cl2F2N2O4.C18H27ClN2O3.C14H11ClF2O2.H2O/c33-25-7-5-22-17-21(3-4-23(22)18-25)9-12-32(35,36)31(40)37-28(20-38-13-1-2-14-38)30(39)24-6-8-29(27(34)19-24)42-26-10-15-41-16-11-26;19-15-11-13(18(22)16(20)12-21-7-1-2-8-21)3-4-17(15)24-14-5-9-23-10-6-14;15-12-4-3-10-7-9(1-2-11(10)8-12)5-6-14(16,17)13(18)19;/h3-8,17-19,26,28,30,39H,1-2,9-16,20H2,(H,37,40);3-4,11,14,16,18,22H,1-2,5-10,12,20H2;1-4,7-8H,5-6H2,(H,18,19);1H2/t28-,30-;16-,18?;;/m11../s1. The number of benzene rings is 6. The average Bonchev–Trinajstić information content (AvgIpc) is 3.72. The van der Waals surface area contributed by atoms with E-state index in [0.717, 1.165) is 105 Å². The lowest BCUT2D eigenvalue weighted by molar-refractivity contribution is -0.165. The molecule has 468 valence electrons. The van der Waals surface area contributed by atoms with Crippen LogP contribution in [0.5, 0.6) is 11.5 Å². The Hall–Kier alpha value is -5.06. The second-order valence-electron chi connectivity index (χ2n) is 22.3. The van der Waals surface area contributed by atoms with Crippen LogP contribution in [-0.2, 0) is 31.9 Å². The van der Waals surface area contributed by atoms with Gasteiger partial charge in [0, 0.05) is 67.7 Å². The number of hydrogen-bond donors (Lipinski definition) is 5. The van der Waals surface area contributed by atoms with Crippen LogP contribution in [0.15, 0.2) is 109 Å². The van der Waals surface area contributed by atoms with Crippen molar-refractivity contribution in [3.63, 3.8) is 0 Å². The van der Waals surface area contributed by atoms with E-state index in [2.05, 4.69) is 15.1 Å². The molecule has 4 fully saturated rings. The first-order valence-corrected chi connectivity index (χ1v) is 30.5. The lowest BCUT2D eigenvalue weighted by atomic mass is 9.99. The molecule has 1 unspecified atom stereocenters. The molecule has 0 bridgehead atoms. The Balaban J connectivity index is 0.000000203. The van der Waals surface area contributed by atoms with Crippen molar-refractivity contribution in [2.75, 3.05) is 65.7 Å². The lowest BCUT2D eigenvalue weighted by Crippen LogP contribution is -2.51. The van der Waals surface area contributed by atoms with Crippen molar-refractivity contribution in [3.05, 3.63) is 152 Å². The third kappa shape index (κ3) is 20.0. The highest BCUT2D eigenvalue weighted by Gasteiger charge is 2.41. The fraction of sp³-hybridized carbons (Fsp3) is 0.469. The number of rotatable bonds is 21. The molecule has 10 rings (SSSR count). The fourth-order valence-corrected chi connectivity index (χ4v) is 11.6. The number of amides is 1. The van der Waals surface area contributed by atoms with Gasteiger partial charge in [0.15, 0.2) is 0 Å². The number of nitrogens with two attached hydrogens (primary N) is 1. The monoisotopic (exact) mass is 1280 g/mol. The number of aliphatic hydroxyl groups is 2. The number of carbonyl (C=O) groups is 2. The molecule has 4 aliphatic rings. The number of aliphatic carboxylic acids is 1. The molecule has 0 aromatic heterocycles. The summed E-state index contributed by atoms with van der Waals surface area (Å²) >= 11 is 24.7. The zero-order valence-corrected chi connectivity index (χ0v) is 50.7. The van der Waals surface area contributed by atoms with E-state index >= 15 is 8.78 Å². The lowest BCUT2D eigenvalue weighted by Gasteiger charge is -2.30. The van der Waals surface area contributed by atoms with Gasteiger partial charge in [-0.05, 0) is 157 Å². The van der Waals surface area contributed by atoms with E-state index in [0.29, 0.717) is 68.0 Å². The number of nitrogens with one attached hydrogen (secondary N) is 1. The van der Waals surface area contributed by atoms with Crippen LogP contribution >= 0.6 is 46.4 Å². The van der Waals surface area contributed by atoms with Crippen LogP contribution in [0, 0.1) is 0 Å².